The van der Waals surface area contributed by atoms with Gasteiger partial charge in [0, 0.05) is 47.6 Å². The van der Waals surface area contributed by atoms with Crippen LogP contribution in [0.25, 0.3) is 103 Å². The molecule has 0 aliphatic carbocycles. The van der Waals surface area contributed by atoms with Gasteiger partial charge in [0.15, 0.2) is 0 Å². The van der Waals surface area contributed by atoms with E-state index < -0.39 is 0 Å². The maximum Gasteiger partial charge on any atom is 0.235 e. The number of hydrogen-bond donors (Lipinski definition) is 0. The molecule has 3 heterocycles. The number of hydrogen-bond acceptors (Lipinski definition) is 3. The number of nitrogens with zero attached hydrogens (tertiary/aromatic N) is 3. The van der Waals surface area contributed by atoms with Gasteiger partial charge >= 0.3 is 0 Å². The fraction of sp³-hybridized carbons (Fsp3) is 0. The summed E-state index contributed by atoms with van der Waals surface area (Å²) in [4.78, 5) is 10.7. The second kappa shape index (κ2) is 11.5. The molecule has 0 saturated heterocycles. The lowest BCUT2D eigenvalue weighted by molar-refractivity contribution is 0.996. The fourth-order valence-corrected chi connectivity index (χ4v) is 9.14. The molecular weight excluding hydrogens is 651 g/mol. The zero-order chi connectivity index (χ0) is 34.2. The molecule has 0 aliphatic heterocycles. The van der Waals surface area contributed by atoms with Gasteiger partial charge in [0.1, 0.15) is 0 Å². The molecule has 52 heavy (non-hydrogen) atoms. The lowest BCUT2D eigenvalue weighted by Gasteiger charge is -2.14. The van der Waals surface area contributed by atoms with Gasteiger partial charge in [0.05, 0.1) is 22.4 Å². The van der Waals surface area contributed by atoms with Crippen LogP contribution in [-0.2, 0) is 0 Å². The first kappa shape index (κ1) is 29.1. The minimum Gasteiger partial charge on any atom is -0.277 e. The molecule has 0 radical (unpaired) electrons. The van der Waals surface area contributed by atoms with Gasteiger partial charge < -0.3 is 0 Å². The van der Waals surface area contributed by atoms with Gasteiger partial charge in [-0.25, -0.2) is 9.97 Å². The van der Waals surface area contributed by atoms with Gasteiger partial charge in [-0.2, -0.15) is 0 Å². The van der Waals surface area contributed by atoms with Crippen LogP contribution in [-0.4, -0.2) is 14.5 Å². The number of para-hydroxylation sites is 1. The molecule has 4 heteroatoms. The summed E-state index contributed by atoms with van der Waals surface area (Å²) in [6.45, 7) is 0. The highest BCUT2D eigenvalue weighted by Gasteiger charge is 2.22. The number of rotatable bonds is 4. The lowest BCUT2D eigenvalue weighted by Crippen LogP contribution is -2.04. The van der Waals surface area contributed by atoms with E-state index in [1.54, 1.807) is 0 Å². The lowest BCUT2D eigenvalue weighted by atomic mass is 9.97. The maximum atomic E-state index is 5.36. The topological polar surface area (TPSA) is 30.7 Å². The van der Waals surface area contributed by atoms with Crippen molar-refractivity contribution >= 4 is 74.9 Å². The van der Waals surface area contributed by atoms with Gasteiger partial charge in [0.2, 0.25) is 5.95 Å². The molecule has 3 aromatic heterocycles. The van der Waals surface area contributed by atoms with Crippen LogP contribution in [0.3, 0.4) is 0 Å². The number of thiophene rings is 1. The molecule has 11 aromatic rings. The molecule has 0 bridgehead atoms. The minimum absolute atomic E-state index is 0.649. The van der Waals surface area contributed by atoms with E-state index in [0.717, 1.165) is 39.1 Å². The molecule has 8 aromatic carbocycles. The van der Waals surface area contributed by atoms with Gasteiger partial charge in [-0.1, -0.05) is 146 Å². The Morgan fingerprint density at radius 3 is 1.71 bits per heavy atom. The predicted molar refractivity (Wildman–Crippen MR) is 221 cm³/mol. The molecule has 0 amide bonds. The van der Waals surface area contributed by atoms with Crippen molar-refractivity contribution in [3.8, 4) is 39.6 Å². The SMILES string of the molecule is c1ccc(-c2cc(-c3ccccc3)nc(-n3c4ccc5ccccc5c4c4cccc(-c5ccc6sc7ccc8ccccc8c7c6c5)c43)n2)cc1. The molecule has 242 valence electrons. The summed E-state index contributed by atoms with van der Waals surface area (Å²) in [6.07, 6.45) is 0. The Balaban J connectivity index is 1.26. The molecule has 0 spiro atoms. The Morgan fingerprint density at radius 1 is 0.404 bits per heavy atom. The number of fused-ring (bicyclic) bond motifs is 10. The zero-order valence-corrected chi connectivity index (χ0v) is 28.8. The molecule has 0 aliphatic rings. The highest BCUT2D eigenvalue weighted by molar-refractivity contribution is 7.26. The first-order valence-corrected chi connectivity index (χ1v) is 18.4. The molecule has 0 unspecified atom stereocenters. The third-order valence-electron chi connectivity index (χ3n) is 10.4. The average molecular weight is 680 g/mol. The highest BCUT2D eigenvalue weighted by Crippen LogP contribution is 2.44. The summed E-state index contributed by atoms with van der Waals surface area (Å²) in [5.41, 5.74) is 8.37. The van der Waals surface area contributed by atoms with Crippen molar-refractivity contribution in [2.24, 2.45) is 0 Å². The van der Waals surface area contributed by atoms with Gasteiger partial charge in [-0.3, -0.25) is 4.57 Å². The average Bonchev–Trinajstić information content (AvgIpc) is 3.77. The molecule has 3 nitrogen and oxygen atoms in total. The smallest absolute Gasteiger partial charge is 0.235 e. The van der Waals surface area contributed by atoms with Crippen molar-refractivity contribution in [3.05, 3.63) is 176 Å². The van der Waals surface area contributed by atoms with E-state index in [1.807, 2.05) is 23.5 Å². The van der Waals surface area contributed by atoms with Crippen LogP contribution in [0.5, 0.6) is 0 Å². The monoisotopic (exact) mass is 679 g/mol. The van der Waals surface area contributed by atoms with Crippen molar-refractivity contribution in [3.63, 3.8) is 0 Å². The number of aromatic nitrogens is 3. The van der Waals surface area contributed by atoms with E-state index in [0.29, 0.717) is 5.95 Å². The maximum absolute atomic E-state index is 5.36. The van der Waals surface area contributed by atoms with Crippen LogP contribution in [0.1, 0.15) is 0 Å². The van der Waals surface area contributed by atoms with Crippen molar-refractivity contribution in [1.29, 1.82) is 0 Å². The summed E-state index contributed by atoms with van der Waals surface area (Å²) >= 11 is 1.86. The summed E-state index contributed by atoms with van der Waals surface area (Å²) in [5, 5.41) is 9.98. The predicted octanol–water partition coefficient (Wildman–Crippen LogP) is 13.2. The largest absolute Gasteiger partial charge is 0.277 e. The Morgan fingerprint density at radius 2 is 1.00 bits per heavy atom. The van der Waals surface area contributed by atoms with Crippen LogP contribution in [0.15, 0.2) is 176 Å². The Kier molecular flexibility index (Phi) is 6.42. The van der Waals surface area contributed by atoms with Crippen LogP contribution < -0.4 is 0 Å². The fourth-order valence-electron chi connectivity index (χ4n) is 8.04. The number of benzene rings is 8. The Labute approximate surface area is 303 Å². The summed E-state index contributed by atoms with van der Waals surface area (Å²) in [6, 6.07) is 63.0. The van der Waals surface area contributed by atoms with Crippen molar-refractivity contribution in [2.75, 3.05) is 0 Å². The molecule has 0 atom stereocenters. The highest BCUT2D eigenvalue weighted by atomic mass is 32.1. The molecule has 0 N–H and O–H groups in total. The first-order valence-electron chi connectivity index (χ1n) is 17.6. The summed E-state index contributed by atoms with van der Waals surface area (Å²) < 4.78 is 4.90. The van der Waals surface area contributed by atoms with Gasteiger partial charge in [-0.15, -0.1) is 11.3 Å². The van der Waals surface area contributed by atoms with Crippen molar-refractivity contribution < 1.29 is 0 Å². The van der Waals surface area contributed by atoms with Crippen LogP contribution >= 0.6 is 11.3 Å². The van der Waals surface area contributed by atoms with E-state index in [2.05, 4.69) is 168 Å². The molecule has 0 saturated carbocycles. The molecule has 11 rings (SSSR count). The second-order valence-electron chi connectivity index (χ2n) is 13.4. The van der Waals surface area contributed by atoms with E-state index in [1.165, 1.54) is 58.1 Å². The van der Waals surface area contributed by atoms with Crippen LogP contribution in [0, 0.1) is 0 Å². The molecular formula is C48H29N3S. The summed E-state index contributed by atoms with van der Waals surface area (Å²) in [5.74, 6) is 0.649. The third-order valence-corrected chi connectivity index (χ3v) is 11.5. The van der Waals surface area contributed by atoms with Crippen molar-refractivity contribution in [2.45, 2.75) is 0 Å². The Bertz CT molecular complexity index is 3120. The normalized spacial score (nSPS) is 11.8. The van der Waals surface area contributed by atoms with E-state index in [4.69, 9.17) is 9.97 Å². The standard InChI is InChI=1S/C48H29N3S/c1-3-14-32(15-4-1)40-29-41(33-16-5-2-6-17-33)50-48(49-40)51-42-25-22-30-12-7-9-18-35(30)45(42)38-21-11-20-37(47(38)51)34-24-26-43-39(28-34)46-36-19-10-8-13-31(36)23-27-44(46)52-43/h1-29H. The molecule has 0 fully saturated rings. The third kappa shape index (κ3) is 4.45. The van der Waals surface area contributed by atoms with Crippen LogP contribution in [0.4, 0.5) is 0 Å². The first-order chi connectivity index (χ1) is 25.8. The Hall–Kier alpha value is -6.62. The van der Waals surface area contributed by atoms with E-state index in [-0.39, 0.29) is 0 Å². The van der Waals surface area contributed by atoms with Gasteiger partial charge in [0.25, 0.3) is 0 Å². The van der Waals surface area contributed by atoms with Crippen LogP contribution in [0.2, 0.25) is 0 Å². The van der Waals surface area contributed by atoms with Gasteiger partial charge in [-0.05, 0) is 57.4 Å². The van der Waals surface area contributed by atoms with Crippen molar-refractivity contribution in [1.82, 2.24) is 14.5 Å². The minimum atomic E-state index is 0.649. The van der Waals surface area contributed by atoms with E-state index in [9.17, 15) is 0 Å². The summed E-state index contributed by atoms with van der Waals surface area (Å²) in [7, 11) is 0. The zero-order valence-electron chi connectivity index (χ0n) is 28.0. The van der Waals surface area contributed by atoms with E-state index >= 15 is 0 Å². The quantitative estimate of drug-likeness (QED) is 0.185. The second-order valence-corrected chi connectivity index (χ2v) is 14.4.